The van der Waals surface area contributed by atoms with Gasteiger partial charge in [0.05, 0.1) is 0 Å². The Labute approximate surface area is 245 Å². The summed E-state index contributed by atoms with van der Waals surface area (Å²) >= 11 is 2.98. The smallest absolute Gasteiger partial charge is 0.195 e. The van der Waals surface area contributed by atoms with Gasteiger partial charge in [0.2, 0.25) is 0 Å². The number of pyridine rings is 1. The van der Waals surface area contributed by atoms with Crippen molar-refractivity contribution in [2.45, 2.75) is 77.5 Å². The Morgan fingerprint density at radius 1 is 0.725 bits per heavy atom. The Morgan fingerprint density at radius 3 is 1.98 bits per heavy atom. The molecule has 0 radical (unpaired) electrons. The van der Waals surface area contributed by atoms with Gasteiger partial charge in [0.1, 0.15) is 5.03 Å². The third-order valence-electron chi connectivity index (χ3n) is 8.24. The number of unbranched alkanes of at least 4 members (excludes halogenated alkanes) is 1. The number of aromatic nitrogens is 1. The fraction of sp³-hybridized carbons (Fsp3) is 0.286. The van der Waals surface area contributed by atoms with Gasteiger partial charge in [-0.3, -0.25) is 9.59 Å². The third kappa shape index (κ3) is 5.55. The molecule has 0 amide bonds. The van der Waals surface area contributed by atoms with Crippen molar-refractivity contribution in [3.05, 3.63) is 113 Å². The molecule has 4 aromatic rings. The van der Waals surface area contributed by atoms with Crippen LogP contribution in [0, 0.1) is 5.92 Å². The molecule has 5 heteroatoms. The van der Waals surface area contributed by atoms with E-state index < -0.39 is 0 Å². The lowest BCUT2D eigenvalue weighted by Crippen LogP contribution is -2.22. The summed E-state index contributed by atoms with van der Waals surface area (Å²) < 4.78 is 0. The molecule has 202 valence electrons. The fourth-order valence-electron chi connectivity index (χ4n) is 6.08. The van der Waals surface area contributed by atoms with Crippen LogP contribution < -0.4 is 0 Å². The van der Waals surface area contributed by atoms with Crippen molar-refractivity contribution in [1.82, 2.24) is 4.98 Å². The highest BCUT2D eigenvalue weighted by atomic mass is 32.2. The van der Waals surface area contributed by atoms with Crippen LogP contribution in [0.2, 0.25) is 0 Å². The second-order valence-corrected chi connectivity index (χ2v) is 13.0. The van der Waals surface area contributed by atoms with Crippen LogP contribution in [0.25, 0.3) is 0 Å². The van der Waals surface area contributed by atoms with Gasteiger partial charge in [0.25, 0.3) is 0 Å². The van der Waals surface area contributed by atoms with Crippen LogP contribution in [0.5, 0.6) is 0 Å². The molecule has 6 rings (SSSR count). The first-order valence-electron chi connectivity index (χ1n) is 14.3. The molecule has 1 heterocycles. The highest BCUT2D eigenvalue weighted by Crippen LogP contribution is 2.42. The minimum Gasteiger partial charge on any atom is -0.289 e. The second kappa shape index (κ2) is 12.2. The maximum Gasteiger partial charge on any atom is 0.195 e. The highest BCUT2D eigenvalue weighted by molar-refractivity contribution is 7.99. The lowest BCUT2D eigenvalue weighted by Gasteiger charge is -2.29. The summed E-state index contributed by atoms with van der Waals surface area (Å²) in [5.41, 5.74) is 3.36. The molecule has 1 fully saturated rings. The van der Waals surface area contributed by atoms with Gasteiger partial charge in [-0.15, -0.1) is 0 Å². The Morgan fingerprint density at radius 2 is 1.38 bits per heavy atom. The molecule has 0 aliphatic heterocycles. The number of hydrogen-bond acceptors (Lipinski definition) is 5. The van der Waals surface area contributed by atoms with E-state index in [0.717, 1.165) is 25.6 Å². The maximum absolute atomic E-state index is 13.8. The van der Waals surface area contributed by atoms with E-state index in [0.29, 0.717) is 28.2 Å². The largest absolute Gasteiger partial charge is 0.289 e. The second-order valence-electron chi connectivity index (χ2n) is 10.8. The Hall–Kier alpha value is -3.15. The third-order valence-corrected chi connectivity index (χ3v) is 10.3. The van der Waals surface area contributed by atoms with Gasteiger partial charge in [-0.05, 0) is 79.5 Å². The molecule has 0 unspecified atom stereocenters. The van der Waals surface area contributed by atoms with Crippen molar-refractivity contribution in [3.8, 4) is 0 Å². The number of ketones is 2. The van der Waals surface area contributed by atoms with Gasteiger partial charge in [0, 0.05) is 43.1 Å². The normalized spacial score (nSPS) is 18.3. The quantitative estimate of drug-likeness (QED) is 0.188. The minimum atomic E-state index is -0.101. The van der Waals surface area contributed by atoms with E-state index >= 15 is 0 Å². The van der Waals surface area contributed by atoms with E-state index in [2.05, 4.69) is 36.2 Å². The Bertz CT molecular complexity index is 1520. The molecule has 0 bridgehead atoms. The van der Waals surface area contributed by atoms with E-state index in [1.54, 1.807) is 30.1 Å². The summed E-state index contributed by atoms with van der Waals surface area (Å²) in [4.78, 5) is 34.7. The topological polar surface area (TPSA) is 47.0 Å². The van der Waals surface area contributed by atoms with Gasteiger partial charge in [0.15, 0.2) is 11.6 Å². The molecule has 3 aromatic carbocycles. The van der Waals surface area contributed by atoms with Crippen LogP contribution in [0.4, 0.5) is 0 Å². The zero-order chi connectivity index (χ0) is 27.5. The molecule has 0 atom stereocenters. The van der Waals surface area contributed by atoms with Crippen molar-refractivity contribution in [1.29, 1.82) is 0 Å². The molecule has 2 aliphatic carbocycles. The molecule has 1 aromatic heterocycles. The van der Waals surface area contributed by atoms with Crippen molar-refractivity contribution < 1.29 is 9.59 Å². The fourth-order valence-corrected chi connectivity index (χ4v) is 8.00. The molecule has 40 heavy (non-hydrogen) atoms. The average Bonchev–Trinajstić information content (AvgIpc) is 3.00. The SMILES string of the molecule is CCCCC1CCC(c2ccc(Sc3cccc4c3C(=O)c3cccc(Sc5ccccn5)c3C4=O)cc2)CC1. The van der Waals surface area contributed by atoms with Crippen LogP contribution in [0.3, 0.4) is 0 Å². The number of hydrogen-bond donors (Lipinski definition) is 0. The first kappa shape index (κ1) is 27.0. The highest BCUT2D eigenvalue weighted by Gasteiger charge is 2.34. The van der Waals surface area contributed by atoms with Crippen LogP contribution in [0.1, 0.15) is 95.2 Å². The zero-order valence-electron chi connectivity index (χ0n) is 22.8. The summed E-state index contributed by atoms with van der Waals surface area (Å²) in [7, 11) is 0. The lowest BCUT2D eigenvalue weighted by atomic mass is 9.77. The van der Waals surface area contributed by atoms with Gasteiger partial charge in [-0.1, -0.05) is 92.2 Å². The lowest BCUT2D eigenvalue weighted by molar-refractivity contribution is 0.0974. The molecular weight excluding hydrogens is 531 g/mol. The average molecular weight is 564 g/mol. The Balaban J connectivity index is 1.21. The Kier molecular flexibility index (Phi) is 8.22. The molecule has 1 saturated carbocycles. The summed E-state index contributed by atoms with van der Waals surface area (Å²) in [5.74, 6) is 1.36. The zero-order valence-corrected chi connectivity index (χ0v) is 24.4. The maximum atomic E-state index is 13.8. The van der Waals surface area contributed by atoms with E-state index in [4.69, 9.17) is 0 Å². The summed E-state index contributed by atoms with van der Waals surface area (Å²) in [6.45, 7) is 2.28. The summed E-state index contributed by atoms with van der Waals surface area (Å²) in [6.07, 6.45) is 11.0. The van der Waals surface area contributed by atoms with Crippen molar-refractivity contribution in [3.63, 3.8) is 0 Å². The summed E-state index contributed by atoms with van der Waals surface area (Å²) in [6, 6.07) is 25.7. The van der Waals surface area contributed by atoms with E-state index in [-0.39, 0.29) is 11.6 Å². The number of rotatable bonds is 8. The van der Waals surface area contributed by atoms with Crippen LogP contribution >= 0.6 is 23.5 Å². The van der Waals surface area contributed by atoms with Crippen molar-refractivity contribution in [2.24, 2.45) is 5.92 Å². The van der Waals surface area contributed by atoms with E-state index in [1.165, 1.54) is 62.3 Å². The number of benzene rings is 3. The molecule has 2 aliphatic rings. The minimum absolute atomic E-state index is 0.0902. The predicted octanol–water partition coefficient (Wildman–Crippen LogP) is 9.62. The molecule has 0 saturated heterocycles. The first-order chi connectivity index (χ1) is 19.6. The van der Waals surface area contributed by atoms with E-state index in [1.807, 2.05) is 42.5 Å². The first-order valence-corrected chi connectivity index (χ1v) is 16.0. The van der Waals surface area contributed by atoms with Crippen LogP contribution in [-0.2, 0) is 0 Å². The van der Waals surface area contributed by atoms with Gasteiger partial charge < -0.3 is 0 Å². The predicted molar refractivity (Wildman–Crippen MR) is 163 cm³/mol. The monoisotopic (exact) mass is 563 g/mol. The van der Waals surface area contributed by atoms with Crippen molar-refractivity contribution in [2.75, 3.05) is 0 Å². The number of carbonyl (C=O) groups is 2. The van der Waals surface area contributed by atoms with Gasteiger partial charge in [-0.2, -0.15) is 0 Å². The molecule has 0 spiro atoms. The molecule has 0 N–H and O–H groups in total. The van der Waals surface area contributed by atoms with Crippen LogP contribution in [0.15, 0.2) is 105 Å². The van der Waals surface area contributed by atoms with Crippen LogP contribution in [-0.4, -0.2) is 16.6 Å². The molecule has 3 nitrogen and oxygen atoms in total. The van der Waals surface area contributed by atoms with Gasteiger partial charge >= 0.3 is 0 Å². The molecular formula is C35H33NO2S2. The number of fused-ring (bicyclic) bond motifs is 2. The van der Waals surface area contributed by atoms with Crippen molar-refractivity contribution >= 4 is 35.1 Å². The standard InChI is InChI=1S/C35H33NO2S2/c1-2-3-8-23-14-16-24(17-15-23)25-18-20-26(21-19-25)39-29-11-6-9-27-32(29)34(37)28-10-7-12-30(33(28)35(27)38)40-31-13-4-5-22-36-31/h4-7,9-13,18-24H,2-3,8,14-17H2,1H3. The number of nitrogens with zero attached hydrogens (tertiary/aromatic N) is 1. The van der Waals surface area contributed by atoms with E-state index in [9.17, 15) is 9.59 Å². The van der Waals surface area contributed by atoms with Gasteiger partial charge in [-0.25, -0.2) is 4.98 Å². The number of carbonyl (C=O) groups excluding carboxylic acids is 2. The summed E-state index contributed by atoms with van der Waals surface area (Å²) in [5, 5.41) is 0.791.